The number of hydrogen-bond donors (Lipinski definition) is 1. The van der Waals surface area contributed by atoms with Crippen LogP contribution in [-0.2, 0) is 20.1 Å². The van der Waals surface area contributed by atoms with Gasteiger partial charge in [0.05, 0.1) is 7.11 Å². The Hall–Kier alpha value is -2.56. The van der Waals surface area contributed by atoms with E-state index in [0.717, 1.165) is 22.6 Å². The van der Waals surface area contributed by atoms with Crippen LogP contribution in [0.3, 0.4) is 0 Å². The van der Waals surface area contributed by atoms with Gasteiger partial charge < -0.3 is 14.8 Å². The molecule has 3 rings (SSSR count). The van der Waals surface area contributed by atoms with E-state index in [1.54, 1.807) is 25.4 Å². The summed E-state index contributed by atoms with van der Waals surface area (Å²) in [5.74, 6) is -0.177. The minimum absolute atomic E-state index is 0. The van der Waals surface area contributed by atoms with Crippen LogP contribution >= 0.6 is 0 Å². The van der Waals surface area contributed by atoms with E-state index in [1.165, 1.54) is 12.3 Å². The fourth-order valence-electron chi connectivity index (χ4n) is 1.94. The molecule has 3 aromatic rings. The van der Waals surface area contributed by atoms with Crippen LogP contribution in [0.15, 0.2) is 60.9 Å². The third-order valence-corrected chi connectivity index (χ3v) is 3.07. The van der Waals surface area contributed by atoms with Crippen molar-refractivity contribution in [1.82, 2.24) is 9.97 Å². The van der Waals surface area contributed by atoms with E-state index < -0.39 is 5.97 Å². The molecule has 0 aliphatic rings. The zero-order valence-corrected chi connectivity index (χ0v) is 16.2. The van der Waals surface area contributed by atoms with Gasteiger partial charge in [-0.2, -0.15) is 0 Å². The molecular formula is C19H17IrN2O3-. The van der Waals surface area contributed by atoms with Gasteiger partial charge in [-0.25, -0.2) is 9.78 Å². The second-order valence-corrected chi connectivity index (χ2v) is 4.86. The van der Waals surface area contributed by atoms with Crippen LogP contribution in [0.25, 0.3) is 11.3 Å². The Morgan fingerprint density at radius 3 is 2.28 bits per heavy atom. The first-order chi connectivity index (χ1) is 11.6. The van der Waals surface area contributed by atoms with Gasteiger partial charge in [-0.3, -0.25) is 0 Å². The predicted octanol–water partition coefficient (Wildman–Crippen LogP) is 3.64. The first-order valence-electron chi connectivity index (χ1n) is 7.24. The number of aryl methyl sites for hydroxylation is 1. The average molecular weight is 514 g/mol. The summed E-state index contributed by atoms with van der Waals surface area (Å²) in [5, 5.41) is 8.32. The first-order valence-corrected chi connectivity index (χ1v) is 7.24. The van der Waals surface area contributed by atoms with Gasteiger partial charge in [0.2, 0.25) is 0 Å². The summed E-state index contributed by atoms with van der Waals surface area (Å²) >= 11 is 0. The number of rotatable bonds is 3. The molecular weight excluding hydrogens is 496 g/mol. The Bertz CT molecular complexity index is 796. The number of carboxylic acids is 1. The number of carbonyl (C=O) groups is 1. The molecule has 0 atom stereocenters. The zero-order valence-electron chi connectivity index (χ0n) is 13.8. The molecule has 0 fully saturated rings. The van der Waals surface area contributed by atoms with E-state index in [0.29, 0.717) is 0 Å². The molecule has 0 unspecified atom stereocenters. The Morgan fingerprint density at radius 2 is 1.80 bits per heavy atom. The summed E-state index contributed by atoms with van der Waals surface area (Å²) in [7, 11) is 1.66. The molecule has 25 heavy (non-hydrogen) atoms. The number of carboxylic acid groups (broad SMARTS) is 1. The molecule has 5 nitrogen and oxygen atoms in total. The van der Waals surface area contributed by atoms with E-state index in [4.69, 9.17) is 9.84 Å². The minimum Gasteiger partial charge on any atom is -0.540 e. The summed E-state index contributed by atoms with van der Waals surface area (Å²) in [5.41, 5.74) is 3.00. The van der Waals surface area contributed by atoms with Gasteiger partial charge in [0.25, 0.3) is 0 Å². The molecule has 1 radical (unpaired) electrons. The second-order valence-electron chi connectivity index (χ2n) is 4.86. The van der Waals surface area contributed by atoms with Crippen LogP contribution in [0.2, 0.25) is 0 Å². The zero-order chi connectivity index (χ0) is 17.4. The molecule has 1 aromatic carbocycles. The normalized spacial score (nSPS) is 9.20. The maximum absolute atomic E-state index is 10.1. The Labute approximate surface area is 160 Å². The molecule has 0 aliphatic heterocycles. The van der Waals surface area contributed by atoms with Crippen molar-refractivity contribution in [2.24, 2.45) is 0 Å². The van der Waals surface area contributed by atoms with Gasteiger partial charge in [0.15, 0.2) is 0 Å². The first kappa shape index (κ1) is 20.5. The van der Waals surface area contributed by atoms with E-state index in [1.807, 2.05) is 37.3 Å². The largest absolute Gasteiger partial charge is 0.540 e. The number of nitrogens with zero attached hydrogens (tertiary/aromatic N) is 2. The van der Waals surface area contributed by atoms with Gasteiger partial charge >= 0.3 is 5.97 Å². The van der Waals surface area contributed by atoms with E-state index in [9.17, 15) is 4.79 Å². The molecule has 0 bridgehead atoms. The molecule has 2 aromatic heterocycles. The Balaban J connectivity index is 0.000000270. The van der Waals surface area contributed by atoms with Crippen molar-refractivity contribution >= 4 is 5.97 Å². The van der Waals surface area contributed by atoms with Crippen molar-refractivity contribution in [1.29, 1.82) is 0 Å². The molecule has 2 heterocycles. The van der Waals surface area contributed by atoms with Gasteiger partial charge in [-0.1, -0.05) is 30.7 Å². The average Bonchev–Trinajstić information content (AvgIpc) is 2.63. The Kier molecular flexibility index (Phi) is 8.47. The quantitative estimate of drug-likeness (QED) is 0.542. The van der Waals surface area contributed by atoms with E-state index >= 15 is 0 Å². The fourth-order valence-corrected chi connectivity index (χ4v) is 1.94. The number of aromatic nitrogens is 2. The molecule has 1 N–H and O–H groups in total. The third kappa shape index (κ3) is 6.10. The second kappa shape index (κ2) is 10.3. The van der Waals surface area contributed by atoms with Crippen molar-refractivity contribution in [3.8, 4) is 17.0 Å². The molecule has 0 saturated carbocycles. The fraction of sp³-hybridized carbons (Fsp3) is 0.105. The minimum atomic E-state index is -0.990. The molecule has 0 amide bonds. The monoisotopic (exact) mass is 514 g/mol. The van der Waals surface area contributed by atoms with Gasteiger partial charge in [0.1, 0.15) is 5.69 Å². The summed E-state index contributed by atoms with van der Waals surface area (Å²) in [6.45, 7) is 2.02. The Morgan fingerprint density at radius 1 is 1.12 bits per heavy atom. The summed E-state index contributed by atoms with van der Waals surface area (Å²) in [6, 6.07) is 17.7. The standard InChI is InChI=1S/C13H12NO.C6H5NO2.Ir/c1-10-6-7-11(13(9-10)15-2)12-5-3-4-8-14-12;8-6(9)5-3-1-2-4-7-5;/h3-6,8-9H,1-2H3;1-4H,(H,8,9);/q-1;;. The maximum atomic E-state index is 10.1. The van der Waals surface area contributed by atoms with E-state index in [-0.39, 0.29) is 25.8 Å². The van der Waals surface area contributed by atoms with Crippen molar-refractivity contribution in [3.05, 3.63) is 78.2 Å². The molecule has 0 aliphatic carbocycles. The molecule has 0 spiro atoms. The molecule has 6 heteroatoms. The van der Waals surface area contributed by atoms with Crippen molar-refractivity contribution in [3.63, 3.8) is 0 Å². The smallest absolute Gasteiger partial charge is 0.354 e. The third-order valence-electron chi connectivity index (χ3n) is 3.07. The van der Waals surface area contributed by atoms with Crippen molar-refractivity contribution in [2.45, 2.75) is 6.92 Å². The summed E-state index contributed by atoms with van der Waals surface area (Å²) in [6.07, 6.45) is 3.21. The SMILES string of the molecule is COc1cc(C)c[c-]c1-c1ccccn1.O=C(O)c1ccccn1.[Ir]. The summed E-state index contributed by atoms with van der Waals surface area (Å²) < 4.78 is 5.31. The van der Waals surface area contributed by atoms with Crippen LogP contribution in [0.1, 0.15) is 16.1 Å². The van der Waals surface area contributed by atoms with Crippen LogP contribution in [0, 0.1) is 13.0 Å². The van der Waals surface area contributed by atoms with Crippen molar-refractivity contribution < 1.29 is 34.7 Å². The number of ether oxygens (including phenoxy) is 1. The number of hydrogen-bond acceptors (Lipinski definition) is 4. The number of aromatic carboxylic acids is 1. The van der Waals surface area contributed by atoms with Crippen LogP contribution < -0.4 is 4.74 Å². The molecule has 0 saturated heterocycles. The van der Waals surface area contributed by atoms with E-state index in [2.05, 4.69) is 16.0 Å². The van der Waals surface area contributed by atoms with Crippen molar-refractivity contribution in [2.75, 3.05) is 7.11 Å². The number of methoxy groups -OCH3 is 1. The van der Waals surface area contributed by atoms with Gasteiger partial charge in [-0.05, 0) is 23.9 Å². The van der Waals surface area contributed by atoms with Crippen LogP contribution in [0.4, 0.5) is 0 Å². The number of benzene rings is 1. The van der Waals surface area contributed by atoms with Crippen LogP contribution in [0.5, 0.6) is 5.75 Å². The van der Waals surface area contributed by atoms with Crippen LogP contribution in [-0.4, -0.2) is 28.2 Å². The van der Waals surface area contributed by atoms with Gasteiger partial charge in [-0.15, -0.1) is 23.8 Å². The number of pyridine rings is 2. The summed E-state index contributed by atoms with van der Waals surface area (Å²) in [4.78, 5) is 18.0. The predicted molar refractivity (Wildman–Crippen MR) is 91.0 cm³/mol. The van der Waals surface area contributed by atoms with Gasteiger partial charge in [0, 0.05) is 38.2 Å². The topological polar surface area (TPSA) is 72.3 Å². The maximum Gasteiger partial charge on any atom is 0.354 e. The molecule has 131 valence electrons.